The summed E-state index contributed by atoms with van der Waals surface area (Å²) in [7, 11) is 0. The van der Waals surface area contributed by atoms with Crippen LogP contribution in [0.15, 0.2) is 40.9 Å². The molecule has 3 rings (SSSR count). The van der Waals surface area contributed by atoms with E-state index in [1.165, 1.54) is 0 Å². The minimum atomic E-state index is -0.397. The van der Waals surface area contributed by atoms with Gasteiger partial charge in [-0.2, -0.15) is 0 Å². The van der Waals surface area contributed by atoms with Gasteiger partial charge >= 0.3 is 0 Å². The number of nitrogens with zero attached hydrogens (tertiary/aromatic N) is 1. The van der Waals surface area contributed by atoms with Gasteiger partial charge in [0.05, 0.1) is 5.69 Å². The van der Waals surface area contributed by atoms with E-state index in [1.54, 1.807) is 11.8 Å². The summed E-state index contributed by atoms with van der Waals surface area (Å²) >= 11 is 3.48. The van der Waals surface area contributed by atoms with E-state index in [0.29, 0.717) is 6.54 Å². The zero-order valence-electron chi connectivity index (χ0n) is 15.1. The zero-order valence-corrected chi connectivity index (χ0v) is 16.7. The minimum absolute atomic E-state index is 0.0564. The summed E-state index contributed by atoms with van der Waals surface area (Å²) in [6, 6.07) is 11.3. The summed E-state index contributed by atoms with van der Waals surface area (Å²) in [6.45, 7) is 6.12. The van der Waals surface area contributed by atoms with Crippen LogP contribution in [0.25, 0.3) is 0 Å². The van der Waals surface area contributed by atoms with E-state index in [2.05, 4.69) is 26.6 Å². The van der Waals surface area contributed by atoms with E-state index in [0.717, 1.165) is 39.1 Å². The van der Waals surface area contributed by atoms with Gasteiger partial charge in [0.1, 0.15) is 6.04 Å². The van der Waals surface area contributed by atoms with Crippen molar-refractivity contribution in [1.29, 1.82) is 0 Å². The standard InChI is InChI=1S/C20H22BrN3O2/c1-12-4-6-18(17(21)10-12)23-20(26)13(2)22-16-5-7-19-15(11-16)8-9-24(19)14(3)25/h4-7,10-11,13,22H,8-9H2,1-3H3,(H,23,26)/t13-/m1/s1. The molecule has 0 radical (unpaired) electrons. The van der Waals surface area contributed by atoms with Gasteiger partial charge in [-0.1, -0.05) is 6.07 Å². The lowest BCUT2D eigenvalue weighted by molar-refractivity contribution is -0.117. The second kappa shape index (κ2) is 7.50. The molecule has 1 atom stereocenters. The van der Waals surface area contributed by atoms with E-state index in [9.17, 15) is 9.59 Å². The average Bonchev–Trinajstić information content (AvgIpc) is 3.00. The molecule has 2 N–H and O–H groups in total. The van der Waals surface area contributed by atoms with Crippen molar-refractivity contribution >= 4 is 44.8 Å². The SMILES string of the molecule is CC(=O)N1CCc2cc(N[C@H](C)C(=O)Nc3ccc(C)cc3Br)ccc21. The van der Waals surface area contributed by atoms with Crippen molar-refractivity contribution in [3.8, 4) is 0 Å². The monoisotopic (exact) mass is 415 g/mol. The first-order valence-electron chi connectivity index (χ1n) is 8.59. The number of nitrogens with one attached hydrogen (secondary N) is 2. The molecular weight excluding hydrogens is 394 g/mol. The molecule has 0 unspecified atom stereocenters. The van der Waals surface area contributed by atoms with E-state index in [-0.39, 0.29) is 11.8 Å². The number of aryl methyl sites for hydroxylation is 1. The smallest absolute Gasteiger partial charge is 0.246 e. The topological polar surface area (TPSA) is 61.4 Å². The summed E-state index contributed by atoms with van der Waals surface area (Å²) in [5.74, 6) is -0.0544. The van der Waals surface area contributed by atoms with E-state index < -0.39 is 6.04 Å². The first-order valence-corrected chi connectivity index (χ1v) is 9.39. The molecule has 0 spiro atoms. The van der Waals surface area contributed by atoms with Crippen LogP contribution in [0.5, 0.6) is 0 Å². The van der Waals surface area contributed by atoms with E-state index in [4.69, 9.17) is 0 Å². The first kappa shape index (κ1) is 18.5. The summed E-state index contributed by atoms with van der Waals surface area (Å²) in [6.07, 6.45) is 0.835. The Morgan fingerprint density at radius 2 is 1.96 bits per heavy atom. The van der Waals surface area contributed by atoms with Crippen LogP contribution >= 0.6 is 15.9 Å². The Balaban J connectivity index is 1.67. The molecule has 1 heterocycles. The van der Waals surface area contributed by atoms with E-state index in [1.807, 2.05) is 50.2 Å². The molecule has 2 aromatic rings. The maximum Gasteiger partial charge on any atom is 0.246 e. The Morgan fingerprint density at radius 3 is 2.65 bits per heavy atom. The molecular formula is C20H22BrN3O2. The highest BCUT2D eigenvalue weighted by atomic mass is 79.9. The predicted octanol–water partition coefficient (Wildman–Crippen LogP) is 4.11. The summed E-state index contributed by atoms with van der Waals surface area (Å²) < 4.78 is 0.861. The highest BCUT2D eigenvalue weighted by molar-refractivity contribution is 9.10. The lowest BCUT2D eigenvalue weighted by Gasteiger charge is -2.18. The predicted molar refractivity (Wildman–Crippen MR) is 109 cm³/mol. The largest absolute Gasteiger partial charge is 0.374 e. The molecule has 26 heavy (non-hydrogen) atoms. The molecule has 0 fully saturated rings. The third-order valence-corrected chi connectivity index (χ3v) is 5.17. The highest BCUT2D eigenvalue weighted by Crippen LogP contribution is 2.31. The van der Waals surface area contributed by atoms with Crippen molar-refractivity contribution in [1.82, 2.24) is 0 Å². The normalized spacial score (nSPS) is 13.9. The third kappa shape index (κ3) is 3.90. The Morgan fingerprint density at radius 1 is 1.19 bits per heavy atom. The van der Waals surface area contributed by atoms with Crippen LogP contribution in [-0.4, -0.2) is 24.4 Å². The molecule has 5 nitrogen and oxygen atoms in total. The number of carbonyl (C=O) groups is 2. The second-order valence-corrected chi connectivity index (χ2v) is 7.46. The first-order chi connectivity index (χ1) is 12.3. The molecule has 136 valence electrons. The molecule has 0 saturated carbocycles. The fourth-order valence-electron chi connectivity index (χ4n) is 3.10. The Kier molecular flexibility index (Phi) is 5.32. The number of hydrogen-bond donors (Lipinski definition) is 2. The van der Waals surface area contributed by atoms with Crippen molar-refractivity contribution in [2.75, 3.05) is 22.1 Å². The molecule has 0 bridgehead atoms. The molecule has 0 saturated heterocycles. The van der Waals surface area contributed by atoms with Crippen LogP contribution in [-0.2, 0) is 16.0 Å². The number of anilines is 3. The van der Waals surface area contributed by atoms with Gasteiger partial charge < -0.3 is 15.5 Å². The van der Waals surface area contributed by atoms with Crippen molar-refractivity contribution in [2.24, 2.45) is 0 Å². The summed E-state index contributed by atoms with van der Waals surface area (Å²) in [5.41, 5.74) is 4.83. The maximum atomic E-state index is 12.5. The number of benzene rings is 2. The van der Waals surface area contributed by atoms with Gasteiger partial charge in [0.2, 0.25) is 11.8 Å². The van der Waals surface area contributed by atoms with Gasteiger partial charge in [-0.05, 0) is 77.7 Å². The molecule has 2 aromatic carbocycles. The Hall–Kier alpha value is -2.34. The number of amides is 2. The summed E-state index contributed by atoms with van der Waals surface area (Å²) in [4.78, 5) is 25.9. The van der Waals surface area contributed by atoms with Gasteiger partial charge in [0.25, 0.3) is 0 Å². The quantitative estimate of drug-likeness (QED) is 0.789. The number of hydrogen-bond acceptors (Lipinski definition) is 3. The number of rotatable bonds is 4. The van der Waals surface area contributed by atoms with Gasteiger partial charge in [0, 0.05) is 29.3 Å². The highest BCUT2D eigenvalue weighted by Gasteiger charge is 2.22. The average molecular weight is 416 g/mol. The number of halogens is 1. The van der Waals surface area contributed by atoms with Crippen molar-refractivity contribution in [3.05, 3.63) is 52.0 Å². The Labute approximate surface area is 161 Å². The zero-order chi connectivity index (χ0) is 18.8. The van der Waals surface area contributed by atoms with Crippen LogP contribution in [0.4, 0.5) is 17.1 Å². The molecule has 1 aliphatic heterocycles. The summed E-state index contributed by atoms with van der Waals surface area (Å²) in [5, 5.41) is 6.17. The van der Waals surface area contributed by atoms with Gasteiger partial charge in [-0.15, -0.1) is 0 Å². The molecule has 0 aromatic heterocycles. The van der Waals surface area contributed by atoms with Crippen LogP contribution < -0.4 is 15.5 Å². The molecule has 6 heteroatoms. The second-order valence-electron chi connectivity index (χ2n) is 6.60. The van der Waals surface area contributed by atoms with Crippen LogP contribution in [0, 0.1) is 6.92 Å². The van der Waals surface area contributed by atoms with Crippen molar-refractivity contribution in [3.63, 3.8) is 0 Å². The van der Waals surface area contributed by atoms with Crippen LogP contribution in [0.2, 0.25) is 0 Å². The van der Waals surface area contributed by atoms with Crippen LogP contribution in [0.3, 0.4) is 0 Å². The van der Waals surface area contributed by atoms with Gasteiger partial charge in [0.15, 0.2) is 0 Å². The number of fused-ring (bicyclic) bond motifs is 1. The minimum Gasteiger partial charge on any atom is -0.374 e. The maximum absolute atomic E-state index is 12.5. The Bertz CT molecular complexity index is 866. The molecule has 2 amide bonds. The third-order valence-electron chi connectivity index (χ3n) is 4.51. The van der Waals surface area contributed by atoms with Gasteiger partial charge in [-0.25, -0.2) is 0 Å². The molecule has 0 aliphatic carbocycles. The lowest BCUT2D eigenvalue weighted by Crippen LogP contribution is -2.32. The number of carbonyl (C=O) groups excluding carboxylic acids is 2. The van der Waals surface area contributed by atoms with E-state index >= 15 is 0 Å². The fraction of sp³-hybridized carbons (Fsp3) is 0.300. The van der Waals surface area contributed by atoms with Gasteiger partial charge in [-0.3, -0.25) is 9.59 Å². The van der Waals surface area contributed by atoms with Crippen LogP contribution in [0.1, 0.15) is 25.0 Å². The van der Waals surface area contributed by atoms with Crippen molar-refractivity contribution in [2.45, 2.75) is 33.2 Å². The van der Waals surface area contributed by atoms with Crippen molar-refractivity contribution < 1.29 is 9.59 Å². The fourth-order valence-corrected chi connectivity index (χ4v) is 3.69. The molecule has 1 aliphatic rings. The lowest BCUT2D eigenvalue weighted by atomic mass is 10.1.